The van der Waals surface area contributed by atoms with Crippen molar-refractivity contribution in [2.24, 2.45) is 0 Å². The molecule has 0 unspecified atom stereocenters. The van der Waals surface area contributed by atoms with Gasteiger partial charge in [-0.2, -0.15) is 0 Å². The molecule has 0 bridgehead atoms. The van der Waals surface area contributed by atoms with Crippen molar-refractivity contribution in [1.82, 2.24) is 4.98 Å². The number of nitrogens with zero attached hydrogens (tertiary/aromatic N) is 2. The van der Waals surface area contributed by atoms with Gasteiger partial charge in [-0.3, -0.25) is 4.79 Å². The lowest BCUT2D eigenvalue weighted by Gasteiger charge is -2.29. The van der Waals surface area contributed by atoms with Gasteiger partial charge in [0, 0.05) is 19.2 Å². The molecule has 0 saturated heterocycles. The fourth-order valence-corrected chi connectivity index (χ4v) is 3.75. The smallest absolute Gasteiger partial charge is 0.190 e. The maximum absolute atomic E-state index is 11.6. The Morgan fingerprint density at radius 1 is 1.35 bits per heavy atom. The first-order valence-electron chi connectivity index (χ1n) is 6.91. The van der Waals surface area contributed by atoms with E-state index >= 15 is 0 Å². The highest BCUT2D eigenvalue weighted by molar-refractivity contribution is 7.17. The number of rotatable bonds is 2. The van der Waals surface area contributed by atoms with Crippen LogP contribution >= 0.6 is 11.3 Å². The Morgan fingerprint density at radius 3 is 2.85 bits per heavy atom. The van der Waals surface area contributed by atoms with Crippen molar-refractivity contribution < 1.29 is 4.79 Å². The lowest BCUT2D eigenvalue weighted by Crippen LogP contribution is -2.24. The van der Waals surface area contributed by atoms with Crippen LogP contribution in [0.2, 0.25) is 0 Å². The normalized spacial score (nSPS) is 14.2. The number of fused-ring (bicyclic) bond motifs is 1. The Morgan fingerprint density at radius 2 is 2.15 bits per heavy atom. The van der Waals surface area contributed by atoms with Gasteiger partial charge >= 0.3 is 0 Å². The summed E-state index contributed by atoms with van der Waals surface area (Å²) in [6, 6.07) is 6.57. The predicted octanol–water partition coefficient (Wildman–Crippen LogP) is 4.05. The molecule has 0 radical (unpaired) electrons. The molecule has 2 heterocycles. The molecule has 0 saturated carbocycles. The zero-order valence-corrected chi connectivity index (χ0v) is 12.9. The highest BCUT2D eigenvalue weighted by Gasteiger charge is 2.22. The molecule has 0 amide bonds. The Hall–Kier alpha value is -1.68. The summed E-state index contributed by atoms with van der Waals surface area (Å²) in [6.07, 6.45) is 2.25. The average molecular weight is 286 g/mol. The molecular formula is C16H18N2OS. The summed E-state index contributed by atoms with van der Waals surface area (Å²) in [6.45, 7) is 6.62. The number of hydrogen-bond donors (Lipinski definition) is 0. The minimum absolute atomic E-state index is 0.104. The van der Waals surface area contributed by atoms with E-state index in [0.29, 0.717) is 0 Å². The number of aromatic nitrogens is 1. The fraction of sp³-hybridized carbons (Fsp3) is 0.375. The number of carbonyl (C=O) groups excluding carboxylic acids is 1. The zero-order valence-electron chi connectivity index (χ0n) is 12.1. The third-order valence-electron chi connectivity index (χ3n) is 3.69. The summed E-state index contributed by atoms with van der Waals surface area (Å²) in [5, 5.41) is 0.942. The SMILES string of the molecule is CC(=O)c1sc(N2CCCc3cc(C)ccc32)nc1C. The van der Waals surface area contributed by atoms with Gasteiger partial charge in [0.15, 0.2) is 10.9 Å². The van der Waals surface area contributed by atoms with Crippen LogP contribution in [0.15, 0.2) is 18.2 Å². The Balaban J connectivity index is 2.04. The van der Waals surface area contributed by atoms with Crippen molar-refractivity contribution in [1.29, 1.82) is 0 Å². The number of thiazole rings is 1. The van der Waals surface area contributed by atoms with Crippen LogP contribution < -0.4 is 4.90 Å². The number of hydrogen-bond acceptors (Lipinski definition) is 4. The van der Waals surface area contributed by atoms with Crippen molar-refractivity contribution in [2.45, 2.75) is 33.6 Å². The Bertz CT molecular complexity index is 675. The quantitative estimate of drug-likeness (QED) is 0.781. The summed E-state index contributed by atoms with van der Waals surface area (Å²) in [5.74, 6) is 0.104. The van der Waals surface area contributed by atoms with Gasteiger partial charge in [-0.05, 0) is 38.3 Å². The highest BCUT2D eigenvalue weighted by Crippen LogP contribution is 2.37. The van der Waals surface area contributed by atoms with Crippen LogP contribution in [-0.4, -0.2) is 17.3 Å². The summed E-state index contributed by atoms with van der Waals surface area (Å²) in [4.78, 5) is 19.2. The largest absolute Gasteiger partial charge is 0.318 e. The zero-order chi connectivity index (χ0) is 14.3. The van der Waals surface area contributed by atoms with Crippen LogP contribution in [0.4, 0.5) is 10.8 Å². The lowest BCUT2D eigenvalue weighted by atomic mass is 10.00. The van der Waals surface area contributed by atoms with Gasteiger partial charge in [0.05, 0.1) is 10.6 Å². The van der Waals surface area contributed by atoms with Gasteiger partial charge in [0.1, 0.15) is 0 Å². The maximum Gasteiger partial charge on any atom is 0.190 e. The molecule has 1 aliphatic rings. The van der Waals surface area contributed by atoms with Gasteiger partial charge in [0.2, 0.25) is 0 Å². The van der Waals surface area contributed by atoms with Crippen LogP contribution in [0, 0.1) is 13.8 Å². The molecule has 4 heteroatoms. The topological polar surface area (TPSA) is 33.2 Å². The van der Waals surface area contributed by atoms with Crippen LogP contribution in [-0.2, 0) is 6.42 Å². The third-order valence-corrected chi connectivity index (χ3v) is 4.97. The first-order chi connectivity index (χ1) is 9.56. The van der Waals surface area contributed by atoms with Crippen LogP contribution in [0.5, 0.6) is 0 Å². The molecule has 0 spiro atoms. The number of ketones is 1. The molecule has 3 rings (SSSR count). The van der Waals surface area contributed by atoms with Gasteiger partial charge in [-0.1, -0.05) is 29.0 Å². The van der Waals surface area contributed by atoms with E-state index in [4.69, 9.17) is 0 Å². The molecule has 20 heavy (non-hydrogen) atoms. The van der Waals surface area contributed by atoms with E-state index < -0.39 is 0 Å². The van der Waals surface area contributed by atoms with Gasteiger partial charge in [-0.15, -0.1) is 0 Å². The van der Waals surface area contributed by atoms with E-state index in [0.717, 1.165) is 35.1 Å². The summed E-state index contributed by atoms with van der Waals surface area (Å²) in [5.41, 5.74) is 4.77. The second-order valence-electron chi connectivity index (χ2n) is 5.35. The number of carbonyl (C=O) groups is 1. The molecule has 1 aliphatic heterocycles. The second kappa shape index (κ2) is 5.02. The maximum atomic E-state index is 11.6. The minimum atomic E-state index is 0.104. The number of anilines is 2. The van der Waals surface area contributed by atoms with Crippen molar-refractivity contribution in [3.63, 3.8) is 0 Å². The van der Waals surface area contributed by atoms with E-state index in [1.165, 1.54) is 28.2 Å². The van der Waals surface area contributed by atoms with Gasteiger partial charge in [-0.25, -0.2) is 4.98 Å². The van der Waals surface area contributed by atoms with Crippen LogP contribution in [0.25, 0.3) is 0 Å². The summed E-state index contributed by atoms with van der Waals surface area (Å²) in [7, 11) is 0. The van der Waals surface area contributed by atoms with E-state index in [-0.39, 0.29) is 5.78 Å². The molecule has 104 valence electrons. The average Bonchev–Trinajstić information content (AvgIpc) is 2.79. The van der Waals surface area contributed by atoms with E-state index in [1.807, 2.05) is 6.92 Å². The second-order valence-corrected chi connectivity index (χ2v) is 6.33. The first-order valence-corrected chi connectivity index (χ1v) is 7.73. The van der Waals surface area contributed by atoms with Crippen LogP contribution in [0.3, 0.4) is 0 Å². The molecule has 3 nitrogen and oxygen atoms in total. The summed E-state index contributed by atoms with van der Waals surface area (Å²) >= 11 is 1.51. The van der Waals surface area contributed by atoms with Gasteiger partial charge in [0.25, 0.3) is 0 Å². The van der Waals surface area contributed by atoms with Crippen molar-refractivity contribution in [2.75, 3.05) is 11.4 Å². The molecular weight excluding hydrogens is 268 g/mol. The minimum Gasteiger partial charge on any atom is -0.318 e. The van der Waals surface area contributed by atoms with Crippen molar-refractivity contribution >= 4 is 27.9 Å². The molecule has 0 N–H and O–H groups in total. The van der Waals surface area contributed by atoms with Crippen molar-refractivity contribution in [3.8, 4) is 0 Å². The van der Waals surface area contributed by atoms with E-state index in [1.54, 1.807) is 6.92 Å². The monoisotopic (exact) mass is 286 g/mol. The molecule has 0 aliphatic carbocycles. The first kappa shape index (κ1) is 13.3. The molecule has 1 aromatic carbocycles. The highest BCUT2D eigenvalue weighted by atomic mass is 32.1. The number of aryl methyl sites for hydroxylation is 3. The van der Waals surface area contributed by atoms with Crippen molar-refractivity contribution in [3.05, 3.63) is 39.9 Å². The molecule has 1 aromatic heterocycles. The predicted molar refractivity (Wildman–Crippen MR) is 83.4 cm³/mol. The molecule has 2 aromatic rings. The van der Waals surface area contributed by atoms with E-state index in [2.05, 4.69) is 35.0 Å². The van der Waals surface area contributed by atoms with Gasteiger partial charge < -0.3 is 4.90 Å². The number of benzene rings is 1. The number of Topliss-reactive ketones (excluding diaryl/α,β-unsaturated/α-hetero) is 1. The molecule has 0 atom stereocenters. The third kappa shape index (κ3) is 2.24. The lowest BCUT2D eigenvalue weighted by molar-refractivity contribution is 0.102. The molecule has 0 fully saturated rings. The summed E-state index contributed by atoms with van der Waals surface area (Å²) < 4.78 is 0. The Kier molecular flexibility index (Phi) is 3.34. The Labute approximate surface area is 123 Å². The van der Waals surface area contributed by atoms with Crippen LogP contribution in [0.1, 0.15) is 39.8 Å². The fourth-order valence-electron chi connectivity index (χ4n) is 2.75. The standard InChI is InChI=1S/C16H18N2OS/c1-10-6-7-14-13(9-10)5-4-8-18(14)16-17-11(2)15(20-16)12(3)19/h6-7,9H,4-5,8H2,1-3H3. The van der Waals surface area contributed by atoms with E-state index in [9.17, 15) is 4.79 Å².